The van der Waals surface area contributed by atoms with Gasteiger partial charge in [0, 0.05) is 17.5 Å². The molecule has 1 aromatic rings. The van der Waals surface area contributed by atoms with Crippen LogP contribution in [0.2, 0.25) is 5.02 Å². The molecule has 0 saturated heterocycles. The maximum absolute atomic E-state index is 11.7. The Morgan fingerprint density at radius 1 is 1.25 bits per heavy atom. The van der Waals surface area contributed by atoms with Crippen molar-refractivity contribution in [1.82, 2.24) is 5.32 Å². The number of benzene rings is 1. The van der Waals surface area contributed by atoms with Crippen LogP contribution in [-0.2, 0) is 16.0 Å². The molecule has 1 aromatic carbocycles. The van der Waals surface area contributed by atoms with Crippen LogP contribution >= 0.6 is 11.6 Å². The van der Waals surface area contributed by atoms with Gasteiger partial charge in [-0.1, -0.05) is 23.7 Å². The van der Waals surface area contributed by atoms with Crippen LogP contribution in [-0.4, -0.2) is 23.0 Å². The predicted octanol–water partition coefficient (Wildman–Crippen LogP) is 2.89. The Morgan fingerprint density at radius 2 is 1.85 bits per heavy atom. The number of aryl methyl sites for hydroxylation is 1. The molecule has 1 amide bonds. The van der Waals surface area contributed by atoms with Crippen molar-refractivity contribution in [3.8, 4) is 0 Å². The molecule has 4 nitrogen and oxygen atoms in total. The van der Waals surface area contributed by atoms with E-state index in [1.54, 1.807) is 13.8 Å². The average Bonchev–Trinajstić information content (AvgIpc) is 2.39. The number of amides is 1. The van der Waals surface area contributed by atoms with Gasteiger partial charge in [-0.25, -0.2) is 0 Å². The maximum atomic E-state index is 11.7. The van der Waals surface area contributed by atoms with Crippen LogP contribution in [0.1, 0.15) is 32.3 Å². The van der Waals surface area contributed by atoms with Crippen LogP contribution in [0.5, 0.6) is 0 Å². The fraction of sp³-hybridized carbons (Fsp3) is 0.467. The van der Waals surface area contributed by atoms with Gasteiger partial charge in [-0.2, -0.15) is 0 Å². The summed E-state index contributed by atoms with van der Waals surface area (Å²) in [6.45, 7) is 3.29. The van der Waals surface area contributed by atoms with Crippen LogP contribution < -0.4 is 5.32 Å². The molecule has 0 aliphatic rings. The molecule has 0 spiro atoms. The molecule has 2 unspecified atom stereocenters. The predicted molar refractivity (Wildman–Crippen MR) is 78.8 cm³/mol. The van der Waals surface area contributed by atoms with Gasteiger partial charge in [0.1, 0.15) is 0 Å². The summed E-state index contributed by atoms with van der Waals surface area (Å²) < 4.78 is 0. The Bertz CT molecular complexity index is 459. The molecule has 0 aliphatic carbocycles. The van der Waals surface area contributed by atoms with Crippen molar-refractivity contribution in [2.75, 3.05) is 0 Å². The zero-order valence-corrected chi connectivity index (χ0v) is 12.5. The van der Waals surface area contributed by atoms with Crippen molar-refractivity contribution < 1.29 is 14.7 Å². The first kappa shape index (κ1) is 16.5. The van der Waals surface area contributed by atoms with E-state index in [-0.39, 0.29) is 11.9 Å². The number of carbonyl (C=O) groups excluding carboxylic acids is 1. The second-order valence-electron chi connectivity index (χ2n) is 4.96. The fourth-order valence-electron chi connectivity index (χ4n) is 1.77. The first-order chi connectivity index (χ1) is 9.40. The van der Waals surface area contributed by atoms with Crippen LogP contribution in [0.3, 0.4) is 0 Å². The van der Waals surface area contributed by atoms with Crippen molar-refractivity contribution in [3.63, 3.8) is 0 Å². The lowest BCUT2D eigenvalue weighted by Gasteiger charge is -2.17. The van der Waals surface area contributed by atoms with Crippen LogP contribution in [0.15, 0.2) is 24.3 Å². The largest absolute Gasteiger partial charge is 0.481 e. The summed E-state index contributed by atoms with van der Waals surface area (Å²) in [5.41, 5.74) is 1.13. The fourth-order valence-corrected chi connectivity index (χ4v) is 1.90. The van der Waals surface area contributed by atoms with E-state index in [1.807, 2.05) is 24.3 Å². The van der Waals surface area contributed by atoms with Gasteiger partial charge >= 0.3 is 5.97 Å². The molecule has 0 bridgehead atoms. The molecule has 1 rings (SSSR count). The highest BCUT2D eigenvalue weighted by atomic mass is 35.5. The Morgan fingerprint density at radius 3 is 2.40 bits per heavy atom. The molecule has 20 heavy (non-hydrogen) atoms. The molecule has 0 saturated carbocycles. The normalized spacial score (nSPS) is 13.6. The van der Waals surface area contributed by atoms with E-state index in [0.29, 0.717) is 11.4 Å². The highest BCUT2D eigenvalue weighted by Gasteiger charge is 2.20. The molecule has 0 radical (unpaired) electrons. The summed E-state index contributed by atoms with van der Waals surface area (Å²) >= 11 is 5.80. The van der Waals surface area contributed by atoms with E-state index < -0.39 is 11.9 Å². The summed E-state index contributed by atoms with van der Waals surface area (Å²) in [5, 5.41) is 12.3. The van der Waals surface area contributed by atoms with Crippen molar-refractivity contribution in [1.29, 1.82) is 0 Å². The molecule has 110 valence electrons. The van der Waals surface area contributed by atoms with Crippen molar-refractivity contribution in [2.45, 2.75) is 39.2 Å². The van der Waals surface area contributed by atoms with Gasteiger partial charge in [-0.05, 0) is 44.4 Å². The number of aliphatic carboxylic acids is 1. The standard InChI is InChI=1S/C15H20ClNO3/c1-10(15(19)20)11(2)17-14(18)5-3-4-12-6-8-13(16)9-7-12/h6-11H,3-5H2,1-2H3,(H,17,18)(H,19,20). The van der Waals surface area contributed by atoms with E-state index in [2.05, 4.69) is 5.32 Å². The topological polar surface area (TPSA) is 66.4 Å². The molecule has 2 atom stereocenters. The number of halogens is 1. The van der Waals surface area contributed by atoms with E-state index >= 15 is 0 Å². The highest BCUT2D eigenvalue weighted by molar-refractivity contribution is 6.30. The van der Waals surface area contributed by atoms with Gasteiger partial charge in [0.25, 0.3) is 0 Å². The lowest BCUT2D eigenvalue weighted by atomic mass is 10.0. The highest BCUT2D eigenvalue weighted by Crippen LogP contribution is 2.11. The van der Waals surface area contributed by atoms with Gasteiger partial charge in [0.2, 0.25) is 5.91 Å². The SMILES string of the molecule is CC(NC(=O)CCCc1ccc(Cl)cc1)C(C)C(=O)O. The molecule has 5 heteroatoms. The molecular weight excluding hydrogens is 278 g/mol. The minimum atomic E-state index is -0.904. The van der Waals surface area contributed by atoms with E-state index in [4.69, 9.17) is 16.7 Å². The summed E-state index contributed by atoms with van der Waals surface area (Å²) in [7, 11) is 0. The molecular formula is C15H20ClNO3. The monoisotopic (exact) mass is 297 g/mol. The number of carboxylic acids is 1. The number of carboxylic acid groups (broad SMARTS) is 1. The molecule has 0 fully saturated rings. The van der Waals surface area contributed by atoms with Crippen molar-refractivity contribution in [3.05, 3.63) is 34.9 Å². The Kier molecular flexibility index (Phi) is 6.52. The van der Waals surface area contributed by atoms with Crippen LogP contribution in [0.25, 0.3) is 0 Å². The quantitative estimate of drug-likeness (QED) is 0.813. The molecule has 0 aromatic heterocycles. The smallest absolute Gasteiger partial charge is 0.308 e. The summed E-state index contributed by atoms with van der Waals surface area (Å²) in [6.07, 6.45) is 1.91. The third-order valence-electron chi connectivity index (χ3n) is 3.31. The van der Waals surface area contributed by atoms with Crippen molar-refractivity contribution in [2.24, 2.45) is 5.92 Å². The number of hydrogen-bond donors (Lipinski definition) is 2. The minimum absolute atomic E-state index is 0.112. The summed E-state index contributed by atoms with van der Waals surface area (Å²) in [4.78, 5) is 22.5. The third-order valence-corrected chi connectivity index (χ3v) is 3.56. The Hall–Kier alpha value is -1.55. The minimum Gasteiger partial charge on any atom is -0.481 e. The second-order valence-corrected chi connectivity index (χ2v) is 5.40. The van der Waals surface area contributed by atoms with Gasteiger partial charge in [-0.15, -0.1) is 0 Å². The Labute approximate surface area is 124 Å². The van der Waals surface area contributed by atoms with E-state index in [9.17, 15) is 9.59 Å². The second kappa shape index (κ2) is 7.90. The zero-order valence-electron chi connectivity index (χ0n) is 11.7. The van der Waals surface area contributed by atoms with Crippen LogP contribution in [0, 0.1) is 5.92 Å². The Balaban J connectivity index is 2.29. The van der Waals surface area contributed by atoms with Crippen molar-refractivity contribution >= 4 is 23.5 Å². The van der Waals surface area contributed by atoms with E-state index in [0.717, 1.165) is 18.4 Å². The number of nitrogens with one attached hydrogen (secondary N) is 1. The van der Waals surface area contributed by atoms with Crippen LogP contribution in [0.4, 0.5) is 0 Å². The number of hydrogen-bond acceptors (Lipinski definition) is 2. The number of rotatable bonds is 7. The van der Waals surface area contributed by atoms with Gasteiger partial charge in [0.15, 0.2) is 0 Å². The van der Waals surface area contributed by atoms with Gasteiger partial charge < -0.3 is 10.4 Å². The van der Waals surface area contributed by atoms with Gasteiger partial charge in [-0.3, -0.25) is 9.59 Å². The first-order valence-electron chi connectivity index (χ1n) is 6.66. The summed E-state index contributed by atoms with van der Waals surface area (Å²) in [6, 6.07) is 7.17. The van der Waals surface area contributed by atoms with Gasteiger partial charge in [0.05, 0.1) is 5.92 Å². The lowest BCUT2D eigenvalue weighted by molar-refractivity contribution is -0.142. The molecule has 0 aliphatic heterocycles. The molecule has 0 heterocycles. The number of carbonyl (C=O) groups is 2. The summed E-state index contributed by atoms with van der Waals surface area (Å²) in [5.74, 6) is -1.60. The van der Waals surface area contributed by atoms with E-state index in [1.165, 1.54) is 0 Å². The average molecular weight is 298 g/mol. The lowest BCUT2D eigenvalue weighted by Crippen LogP contribution is -2.39. The molecule has 2 N–H and O–H groups in total. The zero-order chi connectivity index (χ0) is 15.1. The maximum Gasteiger partial charge on any atom is 0.308 e. The third kappa shape index (κ3) is 5.61. The first-order valence-corrected chi connectivity index (χ1v) is 7.04.